The number of nitrogens with one attached hydrogen (secondary N) is 1. The zero-order valence-corrected chi connectivity index (χ0v) is 23.4. The number of fused-ring (bicyclic) bond motifs is 1. The average Bonchev–Trinajstić information content (AvgIpc) is 2.90. The second-order valence-corrected chi connectivity index (χ2v) is 11.4. The normalized spacial score (nSPS) is 19.4. The number of methoxy groups -OCH3 is 1. The van der Waals surface area contributed by atoms with Gasteiger partial charge >= 0.3 is 6.03 Å². The topological polar surface area (TPSA) is 108 Å². The fourth-order valence-electron chi connectivity index (χ4n) is 4.06. The Morgan fingerprint density at radius 2 is 2.00 bits per heavy atom. The van der Waals surface area contributed by atoms with E-state index in [2.05, 4.69) is 17.2 Å². The largest absolute Gasteiger partial charge is 0.497 e. The van der Waals surface area contributed by atoms with Crippen molar-refractivity contribution in [3.8, 4) is 23.3 Å². The monoisotopic (exact) mass is 543 g/mol. The summed E-state index contributed by atoms with van der Waals surface area (Å²) < 4.78 is 40.0. The lowest BCUT2D eigenvalue weighted by atomic mass is 10.0. The number of unbranched alkanes of at least 4 members (excludes halogenated alkanes) is 1. The second-order valence-electron chi connectivity index (χ2n) is 9.49. The van der Waals surface area contributed by atoms with E-state index >= 15 is 0 Å². The third kappa shape index (κ3) is 6.98. The van der Waals surface area contributed by atoms with Crippen LogP contribution in [-0.2, 0) is 10.0 Å². The van der Waals surface area contributed by atoms with E-state index < -0.39 is 22.2 Å². The summed E-state index contributed by atoms with van der Waals surface area (Å²) in [5.41, 5.74) is 1.26. The van der Waals surface area contributed by atoms with Crippen molar-refractivity contribution in [2.45, 2.75) is 50.7 Å². The minimum absolute atomic E-state index is 0.0149. The van der Waals surface area contributed by atoms with Crippen molar-refractivity contribution in [3.63, 3.8) is 0 Å². The number of hydrogen-bond acceptors (Lipinski definition) is 6. The summed E-state index contributed by atoms with van der Waals surface area (Å²) in [4.78, 5) is 14.5. The van der Waals surface area contributed by atoms with Gasteiger partial charge in [-0.3, -0.25) is 0 Å². The number of nitrogens with zero attached hydrogens (tertiary/aromatic N) is 2. The molecule has 2 aromatic rings. The molecule has 1 aliphatic rings. The Morgan fingerprint density at radius 3 is 2.63 bits per heavy atom. The predicted octanol–water partition coefficient (Wildman–Crippen LogP) is 3.78. The third-order valence-corrected chi connectivity index (χ3v) is 8.44. The molecule has 0 radical (unpaired) electrons. The van der Waals surface area contributed by atoms with Crippen molar-refractivity contribution in [1.29, 1.82) is 0 Å². The number of amides is 2. The number of aliphatic hydroxyl groups excluding tert-OH is 1. The zero-order chi connectivity index (χ0) is 27.9. The summed E-state index contributed by atoms with van der Waals surface area (Å²) in [5.74, 6) is 6.71. The van der Waals surface area contributed by atoms with Crippen LogP contribution in [0, 0.1) is 17.8 Å². The molecule has 9 nitrogen and oxygen atoms in total. The molecule has 3 rings (SSSR count). The predicted molar refractivity (Wildman–Crippen MR) is 147 cm³/mol. The highest BCUT2D eigenvalue weighted by Gasteiger charge is 2.38. The molecule has 206 valence electrons. The summed E-state index contributed by atoms with van der Waals surface area (Å²) in [6.45, 7) is 5.59. The molecule has 1 heterocycles. The van der Waals surface area contributed by atoms with E-state index in [1.54, 1.807) is 57.5 Å². The van der Waals surface area contributed by atoms with Crippen molar-refractivity contribution in [2.24, 2.45) is 5.92 Å². The van der Waals surface area contributed by atoms with Crippen LogP contribution in [0.5, 0.6) is 11.5 Å². The Hall–Kier alpha value is -3.26. The maximum Gasteiger partial charge on any atom is 0.321 e. The van der Waals surface area contributed by atoms with E-state index in [0.29, 0.717) is 17.0 Å². The number of benzene rings is 2. The maximum absolute atomic E-state index is 13.6. The second kappa shape index (κ2) is 13.0. The van der Waals surface area contributed by atoms with Crippen molar-refractivity contribution in [3.05, 3.63) is 48.0 Å². The highest BCUT2D eigenvalue weighted by molar-refractivity contribution is 7.89. The Morgan fingerprint density at radius 1 is 1.29 bits per heavy atom. The van der Waals surface area contributed by atoms with Gasteiger partial charge < -0.3 is 24.8 Å². The van der Waals surface area contributed by atoms with Gasteiger partial charge in [0.05, 0.1) is 20.3 Å². The number of rotatable bonds is 7. The van der Waals surface area contributed by atoms with Gasteiger partial charge in [0.2, 0.25) is 10.0 Å². The molecule has 0 aromatic heterocycles. The van der Waals surface area contributed by atoms with E-state index in [-0.39, 0.29) is 42.3 Å². The fraction of sp³-hybridized carbons (Fsp3) is 0.464. The Bertz CT molecular complexity index is 1270. The Kier molecular flexibility index (Phi) is 10.0. The first kappa shape index (κ1) is 29.3. The van der Waals surface area contributed by atoms with Crippen LogP contribution >= 0.6 is 0 Å². The van der Waals surface area contributed by atoms with Gasteiger partial charge in [-0.1, -0.05) is 25.7 Å². The van der Waals surface area contributed by atoms with Gasteiger partial charge in [-0.25, -0.2) is 13.2 Å². The number of carbonyl (C=O) groups is 1. The molecular weight excluding hydrogens is 506 g/mol. The highest BCUT2D eigenvalue weighted by atomic mass is 32.2. The first-order valence-electron chi connectivity index (χ1n) is 12.7. The number of likely N-dealkylation sites (N-methyl/N-ethyl adjacent to an activating group) is 1. The van der Waals surface area contributed by atoms with Crippen LogP contribution in [0.1, 0.15) is 39.2 Å². The molecule has 2 N–H and O–H groups in total. The number of ether oxygens (including phenoxy) is 2. The molecule has 0 unspecified atom stereocenters. The highest BCUT2D eigenvalue weighted by Crippen LogP contribution is 2.34. The summed E-state index contributed by atoms with van der Waals surface area (Å²) >= 11 is 0. The molecule has 10 heteroatoms. The van der Waals surface area contributed by atoms with Crippen LogP contribution in [0.15, 0.2) is 47.4 Å². The Balaban J connectivity index is 1.91. The molecule has 0 fully saturated rings. The van der Waals surface area contributed by atoms with Crippen LogP contribution in [0.25, 0.3) is 0 Å². The lowest BCUT2D eigenvalue weighted by molar-refractivity contribution is 0.0830. The SMILES string of the molecule is CCCC#Cc1ccc2c(c1)O[C@@H](CN(C)C(=O)Nc1ccc(OC)cc1)[C@@H](C)CN([C@@H](C)CO)S2(=O)=O. The molecule has 2 amide bonds. The van der Waals surface area contributed by atoms with Crippen molar-refractivity contribution in [2.75, 3.05) is 39.2 Å². The van der Waals surface area contributed by atoms with E-state index in [4.69, 9.17) is 9.47 Å². The molecule has 0 spiro atoms. The van der Waals surface area contributed by atoms with Crippen LogP contribution in [0.2, 0.25) is 0 Å². The van der Waals surface area contributed by atoms with Gasteiger partial charge in [0.25, 0.3) is 0 Å². The summed E-state index contributed by atoms with van der Waals surface area (Å²) in [5, 5.41) is 12.7. The van der Waals surface area contributed by atoms with Gasteiger partial charge in [0.1, 0.15) is 22.5 Å². The van der Waals surface area contributed by atoms with Crippen molar-refractivity contribution < 1.29 is 27.8 Å². The number of urea groups is 1. The van der Waals surface area contributed by atoms with Crippen LogP contribution in [-0.4, -0.2) is 74.8 Å². The minimum Gasteiger partial charge on any atom is -0.497 e. The summed E-state index contributed by atoms with van der Waals surface area (Å²) in [6, 6.07) is 10.8. The molecule has 0 bridgehead atoms. The van der Waals surface area contributed by atoms with Crippen molar-refractivity contribution >= 4 is 21.7 Å². The van der Waals surface area contributed by atoms with Crippen LogP contribution in [0.4, 0.5) is 10.5 Å². The van der Waals surface area contributed by atoms with E-state index in [0.717, 1.165) is 12.8 Å². The van der Waals surface area contributed by atoms with E-state index in [1.165, 1.54) is 15.3 Å². The molecule has 0 saturated heterocycles. The van der Waals surface area contributed by atoms with Gasteiger partial charge in [-0.05, 0) is 55.8 Å². The van der Waals surface area contributed by atoms with Gasteiger partial charge in [0, 0.05) is 43.2 Å². The molecule has 1 aliphatic heterocycles. The van der Waals surface area contributed by atoms with E-state index in [9.17, 15) is 18.3 Å². The summed E-state index contributed by atoms with van der Waals surface area (Å²) in [6.07, 6.45) is 1.12. The lowest BCUT2D eigenvalue weighted by Crippen LogP contribution is -2.50. The van der Waals surface area contributed by atoms with Gasteiger partial charge in [0.15, 0.2) is 0 Å². The number of anilines is 1. The number of sulfonamides is 1. The van der Waals surface area contributed by atoms with Crippen LogP contribution < -0.4 is 14.8 Å². The summed E-state index contributed by atoms with van der Waals surface area (Å²) in [7, 11) is -0.714. The molecule has 0 aliphatic carbocycles. The van der Waals surface area contributed by atoms with Crippen LogP contribution in [0.3, 0.4) is 0 Å². The number of carbonyl (C=O) groups excluding carboxylic acids is 1. The van der Waals surface area contributed by atoms with Gasteiger partial charge in [-0.15, -0.1) is 0 Å². The van der Waals surface area contributed by atoms with Crippen molar-refractivity contribution in [1.82, 2.24) is 9.21 Å². The van der Waals surface area contributed by atoms with E-state index in [1.807, 2.05) is 13.8 Å². The fourth-order valence-corrected chi connectivity index (χ4v) is 5.88. The Labute approximate surface area is 225 Å². The quantitative estimate of drug-likeness (QED) is 0.515. The smallest absolute Gasteiger partial charge is 0.321 e. The number of aliphatic hydroxyl groups is 1. The lowest BCUT2D eigenvalue weighted by Gasteiger charge is -2.37. The first-order chi connectivity index (χ1) is 18.1. The first-order valence-corrected chi connectivity index (χ1v) is 14.1. The number of hydrogen-bond donors (Lipinski definition) is 2. The molecule has 0 saturated carbocycles. The standard InChI is InChI=1S/C28H37N3O6S/c1-6-7-8-9-22-10-15-27-25(16-22)37-26(20(2)17-31(21(3)19-32)38(27,34)35)18-30(4)28(33)29-23-11-13-24(36-5)14-12-23/h10-16,20-21,26,32H,6-7,17-19H2,1-5H3,(H,29,33)/t20-,21-,26-/m0/s1. The molecule has 3 atom stereocenters. The average molecular weight is 544 g/mol. The molecular formula is C28H37N3O6S. The third-order valence-electron chi connectivity index (χ3n) is 6.42. The maximum atomic E-state index is 13.6. The molecule has 2 aromatic carbocycles. The zero-order valence-electron chi connectivity index (χ0n) is 22.6. The minimum atomic E-state index is -3.95. The van der Waals surface area contributed by atoms with Gasteiger partial charge in [-0.2, -0.15) is 4.31 Å². The molecule has 38 heavy (non-hydrogen) atoms.